The maximum Gasteiger partial charge on any atom is 0.238 e. The van der Waals surface area contributed by atoms with Crippen LogP contribution in [0.3, 0.4) is 0 Å². The molecule has 3 rings (SSSR count). The number of primary sulfonamides is 1. The van der Waals surface area contributed by atoms with Crippen molar-refractivity contribution in [3.8, 4) is 11.1 Å². The molecule has 0 aliphatic heterocycles. The Morgan fingerprint density at radius 1 is 1.09 bits per heavy atom. The summed E-state index contributed by atoms with van der Waals surface area (Å²) < 4.78 is 24.3. The van der Waals surface area contributed by atoms with E-state index in [1.54, 1.807) is 19.2 Å². The van der Waals surface area contributed by atoms with E-state index >= 15 is 0 Å². The first kappa shape index (κ1) is 15.1. The number of benzene rings is 2. The molecule has 6 heteroatoms. The van der Waals surface area contributed by atoms with E-state index in [4.69, 9.17) is 5.14 Å². The number of pyridine rings is 1. The zero-order valence-electron chi connectivity index (χ0n) is 11.7. The molecule has 0 aliphatic carbocycles. The minimum Gasteiger partial charge on any atom is -0.256 e. The van der Waals surface area contributed by atoms with Gasteiger partial charge in [-0.1, -0.05) is 34.1 Å². The van der Waals surface area contributed by atoms with E-state index < -0.39 is 10.0 Å². The van der Waals surface area contributed by atoms with E-state index in [0.29, 0.717) is 5.56 Å². The minimum absolute atomic E-state index is 0.131. The largest absolute Gasteiger partial charge is 0.256 e. The van der Waals surface area contributed by atoms with Gasteiger partial charge in [-0.3, -0.25) is 4.98 Å². The van der Waals surface area contributed by atoms with Gasteiger partial charge in [0.2, 0.25) is 10.0 Å². The third-order valence-electron chi connectivity index (χ3n) is 3.59. The van der Waals surface area contributed by atoms with Gasteiger partial charge < -0.3 is 0 Å². The summed E-state index contributed by atoms with van der Waals surface area (Å²) >= 11 is 3.51. The van der Waals surface area contributed by atoms with Crippen molar-refractivity contribution >= 4 is 36.9 Å². The van der Waals surface area contributed by atoms with Crippen LogP contribution in [0.1, 0.15) is 5.56 Å². The van der Waals surface area contributed by atoms with Crippen LogP contribution in [0.15, 0.2) is 58.0 Å². The number of nitrogens with zero attached hydrogens (tertiary/aromatic N) is 1. The van der Waals surface area contributed by atoms with Gasteiger partial charge in [0.1, 0.15) is 0 Å². The van der Waals surface area contributed by atoms with Crippen LogP contribution in [-0.2, 0) is 10.0 Å². The van der Waals surface area contributed by atoms with Crippen molar-refractivity contribution in [2.24, 2.45) is 5.14 Å². The lowest BCUT2D eigenvalue weighted by Crippen LogP contribution is -2.14. The first-order valence-electron chi connectivity index (χ1n) is 6.55. The highest BCUT2D eigenvalue weighted by molar-refractivity contribution is 9.10. The van der Waals surface area contributed by atoms with Gasteiger partial charge in [0, 0.05) is 21.6 Å². The highest BCUT2D eigenvalue weighted by Gasteiger charge is 2.18. The number of hydrogen-bond donors (Lipinski definition) is 1. The van der Waals surface area contributed by atoms with E-state index in [9.17, 15) is 8.42 Å². The van der Waals surface area contributed by atoms with E-state index in [-0.39, 0.29) is 4.90 Å². The van der Waals surface area contributed by atoms with Crippen LogP contribution in [-0.4, -0.2) is 13.4 Å². The zero-order chi connectivity index (χ0) is 15.9. The molecule has 0 unspecified atom stereocenters. The van der Waals surface area contributed by atoms with E-state index in [1.807, 2.05) is 30.3 Å². The van der Waals surface area contributed by atoms with Gasteiger partial charge in [-0.15, -0.1) is 0 Å². The molecule has 0 saturated carbocycles. The molecule has 0 aliphatic rings. The summed E-state index contributed by atoms with van der Waals surface area (Å²) in [5.41, 5.74) is 3.20. The first-order chi connectivity index (χ1) is 10.4. The van der Waals surface area contributed by atoms with Crippen LogP contribution in [0.4, 0.5) is 0 Å². The van der Waals surface area contributed by atoms with Gasteiger partial charge in [-0.05, 0) is 42.3 Å². The molecule has 0 bridgehead atoms. The molecule has 0 spiro atoms. The summed E-state index contributed by atoms with van der Waals surface area (Å²) in [5, 5.41) is 6.27. The Labute approximate surface area is 137 Å². The summed E-state index contributed by atoms with van der Waals surface area (Å²) in [6, 6.07) is 12.8. The fourth-order valence-electron chi connectivity index (χ4n) is 2.61. The molecule has 1 heterocycles. The van der Waals surface area contributed by atoms with Gasteiger partial charge in [-0.2, -0.15) is 0 Å². The third kappa shape index (κ3) is 2.54. The Morgan fingerprint density at radius 2 is 1.82 bits per heavy atom. The second kappa shape index (κ2) is 5.46. The Kier molecular flexibility index (Phi) is 3.76. The highest BCUT2D eigenvalue weighted by atomic mass is 79.9. The smallest absolute Gasteiger partial charge is 0.238 e. The Balaban J connectivity index is 2.41. The third-order valence-corrected chi connectivity index (χ3v) is 5.31. The number of fused-ring (bicyclic) bond motifs is 1. The van der Waals surface area contributed by atoms with Crippen molar-refractivity contribution in [3.63, 3.8) is 0 Å². The number of nitrogens with two attached hydrogens (primary N) is 1. The number of aromatic nitrogens is 1. The highest BCUT2D eigenvalue weighted by Crippen LogP contribution is 2.37. The van der Waals surface area contributed by atoms with Gasteiger partial charge >= 0.3 is 0 Å². The van der Waals surface area contributed by atoms with Crippen LogP contribution in [0, 0.1) is 6.92 Å². The molecule has 2 aromatic carbocycles. The monoisotopic (exact) mass is 376 g/mol. The molecule has 112 valence electrons. The molecule has 3 aromatic rings. The van der Waals surface area contributed by atoms with Gasteiger partial charge in [-0.25, -0.2) is 13.6 Å². The lowest BCUT2D eigenvalue weighted by Gasteiger charge is -2.14. The molecule has 0 radical (unpaired) electrons. The maximum atomic E-state index is 11.8. The Morgan fingerprint density at radius 3 is 2.55 bits per heavy atom. The predicted octanol–water partition coefficient (Wildman–Crippen LogP) is 3.62. The lowest BCUT2D eigenvalue weighted by molar-refractivity contribution is 0.597. The molecule has 0 fully saturated rings. The number of hydrogen-bond acceptors (Lipinski definition) is 3. The van der Waals surface area contributed by atoms with Crippen molar-refractivity contribution < 1.29 is 8.42 Å². The number of para-hydroxylation sites is 1. The van der Waals surface area contributed by atoms with Crippen LogP contribution in [0.25, 0.3) is 22.0 Å². The fourth-order valence-corrected chi connectivity index (χ4v) is 4.04. The first-order valence-corrected chi connectivity index (χ1v) is 8.89. The normalized spacial score (nSPS) is 11.8. The summed E-state index contributed by atoms with van der Waals surface area (Å²) in [6.07, 6.45) is 1.72. The summed E-state index contributed by atoms with van der Waals surface area (Å²) in [7, 11) is -3.77. The second-order valence-electron chi connectivity index (χ2n) is 4.97. The molecule has 0 saturated heterocycles. The minimum atomic E-state index is -3.77. The summed E-state index contributed by atoms with van der Waals surface area (Å²) in [6.45, 7) is 1.76. The Hall–Kier alpha value is -1.76. The van der Waals surface area contributed by atoms with E-state index in [1.165, 1.54) is 6.07 Å². The predicted molar refractivity (Wildman–Crippen MR) is 91.0 cm³/mol. The van der Waals surface area contributed by atoms with Crippen molar-refractivity contribution in [2.75, 3.05) is 0 Å². The zero-order valence-corrected chi connectivity index (χ0v) is 14.1. The van der Waals surface area contributed by atoms with Gasteiger partial charge in [0.25, 0.3) is 0 Å². The van der Waals surface area contributed by atoms with Crippen molar-refractivity contribution in [3.05, 3.63) is 58.7 Å². The number of sulfonamides is 1. The molecular weight excluding hydrogens is 364 g/mol. The summed E-state index contributed by atoms with van der Waals surface area (Å²) in [5.74, 6) is 0. The topological polar surface area (TPSA) is 73.1 Å². The molecule has 1 aromatic heterocycles. The molecule has 0 amide bonds. The van der Waals surface area contributed by atoms with Crippen LogP contribution < -0.4 is 5.14 Å². The Bertz CT molecular complexity index is 979. The number of rotatable bonds is 2. The van der Waals surface area contributed by atoms with Crippen molar-refractivity contribution in [1.82, 2.24) is 4.98 Å². The van der Waals surface area contributed by atoms with Crippen molar-refractivity contribution in [2.45, 2.75) is 11.8 Å². The van der Waals surface area contributed by atoms with Crippen LogP contribution in [0.5, 0.6) is 0 Å². The van der Waals surface area contributed by atoms with Crippen LogP contribution in [0.2, 0.25) is 0 Å². The molecule has 2 N–H and O–H groups in total. The molecular formula is C16H13BrN2O2S. The fraction of sp³-hybridized carbons (Fsp3) is 0.0625. The number of halogens is 1. The maximum absolute atomic E-state index is 11.8. The van der Waals surface area contributed by atoms with Gasteiger partial charge in [0.05, 0.1) is 10.4 Å². The SMILES string of the molecule is Cc1c(S(N)(=O)=O)ccc(Br)c1-c1ccnc2ccccc12. The molecule has 22 heavy (non-hydrogen) atoms. The molecule has 0 atom stereocenters. The summed E-state index contributed by atoms with van der Waals surface area (Å²) in [4.78, 5) is 4.47. The standard InChI is InChI=1S/C16H13BrN2O2S/c1-10-15(22(18,20)21)7-6-13(17)16(10)12-8-9-19-14-5-3-2-4-11(12)14/h2-9H,1H3,(H2,18,20,21). The lowest BCUT2D eigenvalue weighted by atomic mass is 9.97. The second-order valence-corrected chi connectivity index (χ2v) is 7.35. The van der Waals surface area contributed by atoms with E-state index in [2.05, 4.69) is 20.9 Å². The van der Waals surface area contributed by atoms with E-state index in [0.717, 1.165) is 26.5 Å². The van der Waals surface area contributed by atoms with Crippen molar-refractivity contribution in [1.29, 1.82) is 0 Å². The average molecular weight is 377 g/mol. The van der Waals surface area contributed by atoms with Gasteiger partial charge in [0.15, 0.2) is 0 Å². The quantitative estimate of drug-likeness (QED) is 0.741. The molecule has 4 nitrogen and oxygen atoms in total. The average Bonchev–Trinajstić information content (AvgIpc) is 2.46. The van der Waals surface area contributed by atoms with Crippen LogP contribution >= 0.6 is 15.9 Å².